The lowest BCUT2D eigenvalue weighted by atomic mass is 10.2. The molecule has 0 aliphatic carbocycles. The minimum atomic E-state index is -3.85. The van der Waals surface area contributed by atoms with Crippen molar-refractivity contribution in [2.24, 2.45) is 0 Å². The van der Waals surface area contributed by atoms with Crippen molar-refractivity contribution in [2.75, 3.05) is 31.9 Å². The fraction of sp³-hybridized carbons (Fsp3) is 0.375. The van der Waals surface area contributed by atoms with Crippen molar-refractivity contribution in [1.29, 1.82) is 0 Å². The van der Waals surface area contributed by atoms with Gasteiger partial charge in [0.15, 0.2) is 5.82 Å². The Balaban J connectivity index is 2.05. The van der Waals surface area contributed by atoms with Crippen molar-refractivity contribution in [3.63, 3.8) is 0 Å². The Labute approximate surface area is 147 Å². The molecule has 1 aromatic carbocycles. The van der Waals surface area contributed by atoms with Crippen LogP contribution in [0, 0.1) is 6.92 Å². The summed E-state index contributed by atoms with van der Waals surface area (Å²) in [6.45, 7) is 3.03. The summed E-state index contributed by atoms with van der Waals surface area (Å²) in [5.41, 5.74) is 0.282. The molecule has 0 fully saturated rings. The van der Waals surface area contributed by atoms with Crippen LogP contribution < -0.4 is 10.0 Å². The summed E-state index contributed by atoms with van der Waals surface area (Å²) < 4.78 is 31.9. The summed E-state index contributed by atoms with van der Waals surface area (Å²) >= 11 is 0. The maximum absolute atomic E-state index is 12.4. The smallest absolute Gasteiger partial charge is 0.263 e. The highest BCUT2D eigenvalue weighted by molar-refractivity contribution is 7.92. The molecule has 1 aromatic heterocycles. The van der Waals surface area contributed by atoms with Gasteiger partial charge in [0.05, 0.1) is 4.90 Å². The highest BCUT2D eigenvalue weighted by Crippen LogP contribution is 2.17. The summed E-state index contributed by atoms with van der Waals surface area (Å²) in [6, 6.07) is 7.31. The number of hydrogen-bond donors (Lipinski definition) is 2. The number of carbonyl (C=O) groups excluding carboxylic acids is 1. The minimum absolute atomic E-state index is 0.0194. The number of anilines is 1. The van der Waals surface area contributed by atoms with Crippen molar-refractivity contribution in [3.8, 4) is 0 Å². The Morgan fingerprint density at radius 1 is 1.28 bits per heavy atom. The van der Waals surface area contributed by atoms with Crippen molar-refractivity contribution in [2.45, 2.75) is 18.2 Å². The van der Waals surface area contributed by atoms with E-state index in [-0.39, 0.29) is 22.2 Å². The molecule has 0 aliphatic rings. The van der Waals surface area contributed by atoms with Crippen molar-refractivity contribution in [3.05, 3.63) is 41.7 Å². The lowest BCUT2D eigenvalue weighted by Gasteiger charge is -2.10. The molecular weight excluding hydrogens is 344 g/mol. The Morgan fingerprint density at radius 2 is 2.04 bits per heavy atom. The molecule has 2 rings (SSSR count). The van der Waals surface area contributed by atoms with Crippen molar-refractivity contribution < 1.29 is 17.7 Å². The van der Waals surface area contributed by atoms with Crippen molar-refractivity contribution in [1.82, 2.24) is 15.4 Å². The van der Waals surface area contributed by atoms with Crippen LogP contribution in [0.4, 0.5) is 5.82 Å². The number of sulfonamides is 1. The first kappa shape index (κ1) is 18.9. The molecule has 8 nitrogen and oxygen atoms in total. The van der Waals surface area contributed by atoms with Gasteiger partial charge in [-0.05, 0) is 52.2 Å². The maximum atomic E-state index is 12.4. The molecule has 9 heteroatoms. The van der Waals surface area contributed by atoms with Crippen LogP contribution in [-0.2, 0) is 10.0 Å². The topological polar surface area (TPSA) is 105 Å². The Kier molecular flexibility index (Phi) is 6.16. The number of rotatable bonds is 8. The first-order valence-corrected chi connectivity index (χ1v) is 9.25. The summed E-state index contributed by atoms with van der Waals surface area (Å²) in [6.07, 6.45) is 0.809. The third kappa shape index (κ3) is 5.57. The fourth-order valence-electron chi connectivity index (χ4n) is 2.11. The monoisotopic (exact) mass is 366 g/mol. The molecule has 0 unspecified atom stereocenters. The molecule has 0 radical (unpaired) electrons. The van der Waals surface area contributed by atoms with E-state index >= 15 is 0 Å². The van der Waals surface area contributed by atoms with Gasteiger partial charge in [-0.2, -0.15) is 0 Å². The Morgan fingerprint density at radius 3 is 2.68 bits per heavy atom. The molecule has 0 saturated heterocycles. The van der Waals surface area contributed by atoms with E-state index in [2.05, 4.69) is 15.2 Å². The van der Waals surface area contributed by atoms with E-state index in [4.69, 9.17) is 4.52 Å². The quantitative estimate of drug-likeness (QED) is 0.686. The molecular formula is C16H22N4O4S. The molecule has 0 bridgehead atoms. The number of aromatic nitrogens is 1. The zero-order valence-electron chi connectivity index (χ0n) is 14.4. The lowest BCUT2D eigenvalue weighted by molar-refractivity contribution is 0.0952. The van der Waals surface area contributed by atoms with Gasteiger partial charge in [0.1, 0.15) is 5.76 Å². The van der Waals surface area contributed by atoms with Gasteiger partial charge in [-0.1, -0.05) is 11.2 Å². The van der Waals surface area contributed by atoms with Gasteiger partial charge in [0, 0.05) is 18.2 Å². The summed E-state index contributed by atoms with van der Waals surface area (Å²) in [5.74, 6) is 0.271. The van der Waals surface area contributed by atoms with Gasteiger partial charge in [-0.15, -0.1) is 0 Å². The van der Waals surface area contributed by atoms with Gasteiger partial charge in [-0.25, -0.2) is 8.42 Å². The van der Waals surface area contributed by atoms with E-state index in [9.17, 15) is 13.2 Å². The Bertz CT molecular complexity index is 830. The molecule has 136 valence electrons. The van der Waals surface area contributed by atoms with Crippen LogP contribution in [0.15, 0.2) is 39.8 Å². The highest BCUT2D eigenvalue weighted by atomic mass is 32.2. The molecule has 1 heterocycles. The normalized spacial score (nSPS) is 11.5. The Hall–Kier alpha value is -2.39. The van der Waals surface area contributed by atoms with Crippen LogP contribution in [0.25, 0.3) is 0 Å². The van der Waals surface area contributed by atoms with Crippen molar-refractivity contribution >= 4 is 21.7 Å². The predicted molar refractivity (Wildman–Crippen MR) is 94.0 cm³/mol. The zero-order valence-corrected chi connectivity index (χ0v) is 15.3. The number of hydrogen-bond acceptors (Lipinski definition) is 6. The van der Waals surface area contributed by atoms with Crippen LogP contribution in [0.3, 0.4) is 0 Å². The molecule has 0 saturated carbocycles. The molecule has 25 heavy (non-hydrogen) atoms. The molecule has 1 amide bonds. The number of carbonyl (C=O) groups is 1. The summed E-state index contributed by atoms with van der Waals surface area (Å²) in [5, 5.41) is 6.38. The van der Waals surface area contributed by atoms with E-state index in [1.807, 2.05) is 19.0 Å². The van der Waals surface area contributed by atoms with E-state index in [0.717, 1.165) is 13.0 Å². The SMILES string of the molecule is Cc1cc(NS(=O)(=O)c2cccc(C(=O)NCCCN(C)C)c2)no1. The van der Waals surface area contributed by atoms with Crippen LogP contribution in [-0.4, -0.2) is 51.6 Å². The van der Waals surface area contributed by atoms with Gasteiger partial charge in [-0.3, -0.25) is 9.52 Å². The maximum Gasteiger partial charge on any atom is 0.263 e. The van der Waals surface area contributed by atoms with Gasteiger partial charge < -0.3 is 14.7 Å². The van der Waals surface area contributed by atoms with E-state index in [1.54, 1.807) is 13.0 Å². The number of amides is 1. The second-order valence-electron chi connectivity index (χ2n) is 5.87. The molecule has 2 aromatic rings. The zero-order chi connectivity index (χ0) is 18.4. The predicted octanol–water partition coefficient (Wildman–Crippen LogP) is 1.47. The average Bonchev–Trinajstić information content (AvgIpc) is 2.95. The number of aryl methyl sites for hydroxylation is 1. The van der Waals surface area contributed by atoms with Crippen LogP contribution in [0.1, 0.15) is 22.5 Å². The third-order valence-electron chi connectivity index (χ3n) is 3.34. The number of nitrogens with zero attached hydrogens (tertiary/aromatic N) is 2. The van der Waals surface area contributed by atoms with Gasteiger partial charge in [0.2, 0.25) is 0 Å². The average molecular weight is 366 g/mol. The lowest BCUT2D eigenvalue weighted by Crippen LogP contribution is -2.27. The fourth-order valence-corrected chi connectivity index (χ4v) is 3.14. The number of nitrogens with one attached hydrogen (secondary N) is 2. The molecule has 0 aliphatic heterocycles. The van der Waals surface area contributed by atoms with E-state index in [1.165, 1.54) is 24.3 Å². The minimum Gasteiger partial charge on any atom is -0.360 e. The third-order valence-corrected chi connectivity index (χ3v) is 4.69. The molecule has 0 spiro atoms. The van der Waals surface area contributed by atoms with Gasteiger partial charge in [0.25, 0.3) is 15.9 Å². The standard InChI is InChI=1S/C16H22N4O4S/c1-12-10-15(18-24-12)19-25(22,23)14-7-4-6-13(11-14)16(21)17-8-5-9-20(2)3/h4,6-7,10-11H,5,8-9H2,1-3H3,(H,17,21)(H,18,19). The second-order valence-corrected chi connectivity index (χ2v) is 7.55. The highest BCUT2D eigenvalue weighted by Gasteiger charge is 2.18. The summed E-state index contributed by atoms with van der Waals surface area (Å²) in [7, 11) is 0.0641. The van der Waals surface area contributed by atoms with Crippen LogP contribution >= 0.6 is 0 Å². The second kappa shape index (κ2) is 8.13. The first-order chi connectivity index (χ1) is 11.8. The van der Waals surface area contributed by atoms with E-state index < -0.39 is 10.0 Å². The largest absolute Gasteiger partial charge is 0.360 e. The number of benzene rings is 1. The van der Waals surface area contributed by atoms with Gasteiger partial charge >= 0.3 is 0 Å². The van der Waals surface area contributed by atoms with Crippen LogP contribution in [0.2, 0.25) is 0 Å². The molecule has 2 N–H and O–H groups in total. The van der Waals surface area contributed by atoms with E-state index in [0.29, 0.717) is 12.3 Å². The first-order valence-electron chi connectivity index (χ1n) is 7.77. The molecule has 0 atom stereocenters. The van der Waals surface area contributed by atoms with Crippen LogP contribution in [0.5, 0.6) is 0 Å². The summed E-state index contributed by atoms with van der Waals surface area (Å²) in [4.78, 5) is 14.2.